The number of aromatic nitrogens is 5. The van der Waals surface area contributed by atoms with Gasteiger partial charge in [-0.15, -0.1) is 0 Å². The minimum Gasteiger partial charge on any atom is -0.339 e. The molecule has 3 heterocycles. The maximum absolute atomic E-state index is 12.6. The number of nitrogens with one attached hydrogen (secondary N) is 1. The fourth-order valence-corrected chi connectivity index (χ4v) is 4.48. The van der Waals surface area contributed by atoms with Crippen LogP contribution in [-0.4, -0.2) is 30.5 Å². The van der Waals surface area contributed by atoms with E-state index in [4.69, 9.17) is 0 Å². The van der Waals surface area contributed by atoms with Crippen molar-refractivity contribution >= 4 is 16.8 Å². The Kier molecular flexibility index (Phi) is 5.06. The van der Waals surface area contributed by atoms with Gasteiger partial charge in [0.2, 0.25) is 0 Å². The lowest BCUT2D eigenvalue weighted by atomic mass is 9.99. The van der Waals surface area contributed by atoms with Gasteiger partial charge < -0.3 is 4.98 Å². The van der Waals surface area contributed by atoms with E-state index in [1.807, 2.05) is 31.6 Å². The van der Waals surface area contributed by atoms with Crippen LogP contribution in [0, 0.1) is 0 Å². The highest BCUT2D eigenvalue weighted by atomic mass is 16.1. The van der Waals surface area contributed by atoms with E-state index in [9.17, 15) is 4.79 Å². The molecular weight excluding hydrogens is 422 g/mol. The maximum Gasteiger partial charge on any atom is 0.163 e. The van der Waals surface area contributed by atoms with Crippen molar-refractivity contribution in [3.05, 3.63) is 90.0 Å². The highest BCUT2D eigenvalue weighted by Crippen LogP contribution is 2.40. The standard InChI is InChI=1S/C28H25N5O/c1-33-16-23(15-31-33)25-14-24-27(29-17-30-28(24)32-25)22-5-2-18(3-6-22)4-13-26(34)21-11-9-20(10-12-21)19-7-8-19/h2-3,5-6,9-12,14-17,19H,4,7-8,13H2,1H3,(H,29,30,32). The molecule has 6 heteroatoms. The zero-order valence-electron chi connectivity index (χ0n) is 19.0. The molecule has 1 N–H and O–H groups in total. The molecule has 0 saturated heterocycles. The molecule has 34 heavy (non-hydrogen) atoms. The molecule has 0 spiro atoms. The number of fused-ring (bicyclic) bond motifs is 1. The van der Waals surface area contributed by atoms with Gasteiger partial charge in [0.05, 0.1) is 17.6 Å². The van der Waals surface area contributed by atoms with E-state index in [0.717, 1.165) is 51.1 Å². The first-order valence-corrected chi connectivity index (χ1v) is 11.7. The number of aromatic amines is 1. The Morgan fingerprint density at radius 1 is 1.03 bits per heavy atom. The number of nitrogens with zero attached hydrogens (tertiary/aromatic N) is 4. The van der Waals surface area contributed by atoms with Gasteiger partial charge in [0.15, 0.2) is 5.78 Å². The first-order valence-electron chi connectivity index (χ1n) is 11.7. The van der Waals surface area contributed by atoms with Crippen molar-refractivity contribution in [2.24, 2.45) is 7.05 Å². The van der Waals surface area contributed by atoms with Crippen LogP contribution in [0.1, 0.15) is 46.7 Å². The summed E-state index contributed by atoms with van der Waals surface area (Å²) in [6.07, 6.45) is 9.16. The molecule has 1 saturated carbocycles. The summed E-state index contributed by atoms with van der Waals surface area (Å²) in [6.45, 7) is 0. The van der Waals surface area contributed by atoms with Gasteiger partial charge in [0.25, 0.3) is 0 Å². The number of Topliss-reactive ketones (excluding diaryl/α,β-unsaturated/α-hetero) is 1. The van der Waals surface area contributed by atoms with Gasteiger partial charge in [-0.1, -0.05) is 48.5 Å². The zero-order valence-corrected chi connectivity index (χ0v) is 19.0. The van der Waals surface area contributed by atoms with E-state index >= 15 is 0 Å². The monoisotopic (exact) mass is 447 g/mol. The number of benzene rings is 2. The summed E-state index contributed by atoms with van der Waals surface area (Å²) >= 11 is 0. The van der Waals surface area contributed by atoms with E-state index in [2.05, 4.69) is 62.5 Å². The van der Waals surface area contributed by atoms with Crippen LogP contribution in [0.3, 0.4) is 0 Å². The molecule has 5 aromatic rings. The summed E-state index contributed by atoms with van der Waals surface area (Å²) < 4.78 is 1.78. The quantitative estimate of drug-likeness (QED) is 0.324. The molecule has 0 atom stereocenters. The van der Waals surface area contributed by atoms with Crippen molar-refractivity contribution < 1.29 is 4.79 Å². The summed E-state index contributed by atoms with van der Waals surface area (Å²) in [5.41, 5.74) is 7.99. The van der Waals surface area contributed by atoms with Crippen molar-refractivity contribution in [2.45, 2.75) is 31.6 Å². The summed E-state index contributed by atoms with van der Waals surface area (Å²) in [7, 11) is 1.90. The van der Waals surface area contributed by atoms with E-state index < -0.39 is 0 Å². The first kappa shape index (κ1) is 20.5. The molecular formula is C28H25N5O. The number of carbonyl (C=O) groups is 1. The fourth-order valence-electron chi connectivity index (χ4n) is 4.48. The van der Waals surface area contributed by atoms with Crippen molar-refractivity contribution in [3.63, 3.8) is 0 Å². The van der Waals surface area contributed by atoms with Crippen LogP contribution < -0.4 is 0 Å². The number of rotatable bonds is 7. The van der Waals surface area contributed by atoms with E-state index in [0.29, 0.717) is 12.3 Å². The fraction of sp³-hybridized carbons (Fsp3) is 0.214. The second-order valence-corrected chi connectivity index (χ2v) is 9.09. The predicted octanol–water partition coefficient (Wildman–Crippen LogP) is 5.72. The maximum atomic E-state index is 12.6. The Balaban J connectivity index is 1.17. The molecule has 6 rings (SSSR count). The van der Waals surface area contributed by atoms with Gasteiger partial charge in [0.1, 0.15) is 12.0 Å². The minimum atomic E-state index is 0.194. The first-order chi connectivity index (χ1) is 16.6. The summed E-state index contributed by atoms with van der Waals surface area (Å²) in [5, 5.41) is 5.22. The zero-order chi connectivity index (χ0) is 23.1. The SMILES string of the molecule is Cn1cc(-c2cc3c(-c4ccc(CCC(=O)c5ccc(C6CC6)cc5)cc4)ncnc3[nH]2)cn1. The molecule has 0 unspecified atom stereocenters. The molecule has 1 aliphatic carbocycles. The molecule has 0 radical (unpaired) electrons. The third-order valence-corrected chi connectivity index (χ3v) is 6.59. The third-order valence-electron chi connectivity index (χ3n) is 6.59. The largest absolute Gasteiger partial charge is 0.339 e. The molecule has 2 aromatic carbocycles. The number of carbonyl (C=O) groups excluding carboxylic acids is 1. The lowest BCUT2D eigenvalue weighted by Crippen LogP contribution is -2.01. The number of ketones is 1. The van der Waals surface area contributed by atoms with E-state index in [1.54, 1.807) is 11.0 Å². The Morgan fingerprint density at radius 3 is 2.53 bits per heavy atom. The summed E-state index contributed by atoms with van der Waals surface area (Å²) in [5.74, 6) is 0.908. The number of aryl methyl sites for hydroxylation is 2. The molecule has 1 aliphatic rings. The van der Waals surface area contributed by atoms with Crippen LogP contribution in [-0.2, 0) is 13.5 Å². The van der Waals surface area contributed by atoms with Crippen LogP contribution in [0.5, 0.6) is 0 Å². The molecule has 0 bridgehead atoms. The lowest BCUT2D eigenvalue weighted by molar-refractivity contribution is 0.0983. The van der Waals surface area contributed by atoms with Crippen LogP contribution >= 0.6 is 0 Å². The summed E-state index contributed by atoms with van der Waals surface area (Å²) in [4.78, 5) is 25.0. The average molecular weight is 448 g/mol. The highest BCUT2D eigenvalue weighted by molar-refractivity contribution is 5.96. The van der Waals surface area contributed by atoms with Crippen LogP contribution in [0.4, 0.5) is 0 Å². The van der Waals surface area contributed by atoms with Gasteiger partial charge in [-0.05, 0) is 42.4 Å². The van der Waals surface area contributed by atoms with Gasteiger partial charge in [-0.2, -0.15) is 5.10 Å². The predicted molar refractivity (Wildman–Crippen MR) is 133 cm³/mol. The van der Waals surface area contributed by atoms with Gasteiger partial charge in [-0.3, -0.25) is 9.48 Å². The van der Waals surface area contributed by atoms with E-state index in [-0.39, 0.29) is 5.78 Å². The van der Waals surface area contributed by atoms with Crippen molar-refractivity contribution in [3.8, 4) is 22.5 Å². The van der Waals surface area contributed by atoms with Crippen molar-refractivity contribution in [1.29, 1.82) is 0 Å². The van der Waals surface area contributed by atoms with Crippen molar-refractivity contribution in [2.75, 3.05) is 0 Å². The lowest BCUT2D eigenvalue weighted by Gasteiger charge is -2.06. The van der Waals surface area contributed by atoms with Crippen LogP contribution in [0.25, 0.3) is 33.5 Å². The summed E-state index contributed by atoms with van der Waals surface area (Å²) in [6, 6.07) is 18.6. The molecule has 0 aliphatic heterocycles. The topological polar surface area (TPSA) is 76.5 Å². The Hall–Kier alpha value is -4.06. The van der Waals surface area contributed by atoms with Crippen LogP contribution in [0.15, 0.2) is 73.3 Å². The smallest absolute Gasteiger partial charge is 0.163 e. The minimum absolute atomic E-state index is 0.194. The Morgan fingerprint density at radius 2 is 1.82 bits per heavy atom. The number of hydrogen-bond acceptors (Lipinski definition) is 4. The molecule has 0 amide bonds. The molecule has 1 fully saturated rings. The average Bonchev–Trinajstić information content (AvgIpc) is 3.48. The van der Waals surface area contributed by atoms with Crippen LogP contribution in [0.2, 0.25) is 0 Å². The molecule has 3 aromatic heterocycles. The third kappa shape index (κ3) is 4.03. The normalized spacial score (nSPS) is 13.4. The molecule has 168 valence electrons. The van der Waals surface area contributed by atoms with Gasteiger partial charge in [0, 0.05) is 41.7 Å². The number of H-pyrrole nitrogens is 1. The van der Waals surface area contributed by atoms with E-state index in [1.165, 1.54) is 18.4 Å². The van der Waals surface area contributed by atoms with Gasteiger partial charge >= 0.3 is 0 Å². The Labute approximate surface area is 197 Å². The second-order valence-electron chi connectivity index (χ2n) is 9.09. The Bertz CT molecular complexity index is 1470. The second kappa shape index (κ2) is 8.37. The van der Waals surface area contributed by atoms with Crippen molar-refractivity contribution in [1.82, 2.24) is 24.7 Å². The van der Waals surface area contributed by atoms with Gasteiger partial charge in [-0.25, -0.2) is 9.97 Å². The highest BCUT2D eigenvalue weighted by Gasteiger charge is 2.23. The molecule has 6 nitrogen and oxygen atoms in total. The number of hydrogen-bond donors (Lipinski definition) is 1.